The average Bonchev–Trinajstić information content (AvgIpc) is 2.71. The number of benzene rings is 2. The van der Waals surface area contributed by atoms with E-state index in [2.05, 4.69) is 5.32 Å². The summed E-state index contributed by atoms with van der Waals surface area (Å²) in [6, 6.07) is 7.84. The monoisotopic (exact) mass is 493 g/mol. The van der Waals surface area contributed by atoms with E-state index in [-0.39, 0.29) is 42.3 Å². The lowest BCUT2D eigenvalue weighted by molar-refractivity contribution is -0.138. The van der Waals surface area contributed by atoms with Crippen molar-refractivity contribution in [2.75, 3.05) is 13.2 Å². The molecule has 172 valence electrons. The molecule has 0 radical (unpaired) electrons. The topological polar surface area (TPSA) is 64.6 Å². The number of esters is 1. The molecule has 2 aromatic carbocycles. The van der Waals surface area contributed by atoms with Gasteiger partial charge in [-0.05, 0) is 55.0 Å². The first-order valence-corrected chi connectivity index (χ1v) is 9.91. The van der Waals surface area contributed by atoms with Gasteiger partial charge in [0.2, 0.25) is 0 Å². The first kappa shape index (κ1) is 25.5. The van der Waals surface area contributed by atoms with Crippen LogP contribution in [0.2, 0.25) is 0 Å². The summed E-state index contributed by atoms with van der Waals surface area (Å²) in [4.78, 5) is 23.8. The summed E-state index contributed by atoms with van der Waals surface area (Å²) in [7, 11) is 0. The van der Waals surface area contributed by atoms with E-state index in [0.717, 1.165) is 6.07 Å². The normalized spacial score (nSPS) is 10.9. The fourth-order valence-corrected chi connectivity index (χ4v) is 2.52. The second-order valence-corrected chi connectivity index (χ2v) is 7.31. The number of ether oxygens (including phenoxy) is 2. The summed E-state index contributed by atoms with van der Waals surface area (Å²) in [5.41, 5.74) is -1.71. The van der Waals surface area contributed by atoms with E-state index >= 15 is 0 Å². The van der Waals surface area contributed by atoms with Gasteiger partial charge in [0.1, 0.15) is 28.4 Å². The third kappa shape index (κ3) is 8.39. The Morgan fingerprint density at radius 3 is 2.28 bits per heavy atom. The third-order valence-electron chi connectivity index (χ3n) is 3.93. The molecule has 5 nitrogen and oxygen atoms in total. The molecule has 0 saturated carbocycles. The fourth-order valence-electron chi connectivity index (χ4n) is 2.39. The van der Waals surface area contributed by atoms with Gasteiger partial charge >= 0.3 is 12.1 Å². The lowest BCUT2D eigenvalue weighted by atomic mass is 10.1. The summed E-state index contributed by atoms with van der Waals surface area (Å²) in [6.07, 6.45) is -3.12. The molecule has 0 aliphatic carbocycles. The maximum absolute atomic E-state index is 13.8. The number of hydrogen-bond acceptors (Lipinski definition) is 4. The van der Waals surface area contributed by atoms with Gasteiger partial charge in [0.05, 0.1) is 11.1 Å². The van der Waals surface area contributed by atoms with E-state index in [1.54, 1.807) is 12.1 Å². The predicted octanol–water partition coefficient (Wildman–Crippen LogP) is 5.66. The molecule has 0 spiro atoms. The van der Waals surface area contributed by atoms with Gasteiger partial charge in [-0.1, -0.05) is 23.2 Å². The van der Waals surface area contributed by atoms with Crippen LogP contribution in [0.1, 0.15) is 28.8 Å². The zero-order valence-corrected chi connectivity index (χ0v) is 17.9. The molecule has 32 heavy (non-hydrogen) atoms. The molecule has 0 heterocycles. The molecule has 1 amide bonds. The van der Waals surface area contributed by atoms with Crippen molar-refractivity contribution < 1.29 is 36.6 Å². The molecule has 0 aliphatic heterocycles. The Labute approximate surface area is 190 Å². The number of halogens is 6. The lowest BCUT2D eigenvalue weighted by Gasteiger charge is -2.10. The second kappa shape index (κ2) is 11.7. The van der Waals surface area contributed by atoms with E-state index in [1.165, 1.54) is 18.2 Å². The smallest absolute Gasteiger partial charge is 0.416 e. The quantitative estimate of drug-likeness (QED) is 0.212. The number of alkyl halides is 3. The third-order valence-corrected chi connectivity index (χ3v) is 4.24. The van der Waals surface area contributed by atoms with Gasteiger partial charge in [0.15, 0.2) is 0 Å². The number of amides is 1. The minimum atomic E-state index is -4.71. The summed E-state index contributed by atoms with van der Waals surface area (Å²) in [5, 5.41) is 2.34. The van der Waals surface area contributed by atoms with E-state index in [9.17, 15) is 27.2 Å². The second-order valence-electron chi connectivity index (χ2n) is 6.30. The highest BCUT2D eigenvalue weighted by Crippen LogP contribution is 2.30. The maximum atomic E-state index is 13.8. The molecule has 0 aliphatic rings. The number of nitrogens with one attached hydrogen (secondary N) is 1. The van der Waals surface area contributed by atoms with Crippen molar-refractivity contribution in [3.05, 3.63) is 70.0 Å². The van der Waals surface area contributed by atoms with Crippen LogP contribution in [0.5, 0.6) is 11.5 Å². The van der Waals surface area contributed by atoms with E-state index in [4.69, 9.17) is 32.7 Å². The van der Waals surface area contributed by atoms with Crippen LogP contribution in [0, 0.1) is 5.82 Å². The zero-order chi connectivity index (χ0) is 23.7. The molecule has 0 bridgehead atoms. The highest BCUT2D eigenvalue weighted by atomic mass is 35.5. The number of hydrogen-bond donors (Lipinski definition) is 1. The van der Waals surface area contributed by atoms with Crippen LogP contribution < -0.4 is 14.8 Å². The van der Waals surface area contributed by atoms with Crippen LogP contribution in [0.15, 0.2) is 53.0 Å². The molecule has 1 N–H and O–H groups in total. The Morgan fingerprint density at radius 2 is 1.69 bits per heavy atom. The van der Waals surface area contributed by atoms with Crippen LogP contribution >= 0.6 is 23.2 Å². The van der Waals surface area contributed by atoms with Crippen LogP contribution in [0.3, 0.4) is 0 Å². The van der Waals surface area contributed by atoms with Crippen LogP contribution in [0.25, 0.3) is 0 Å². The highest BCUT2D eigenvalue weighted by Gasteiger charge is 2.31. The van der Waals surface area contributed by atoms with Crippen molar-refractivity contribution in [1.82, 2.24) is 5.32 Å². The van der Waals surface area contributed by atoms with E-state index in [1.807, 2.05) is 0 Å². The van der Waals surface area contributed by atoms with Gasteiger partial charge in [0, 0.05) is 13.0 Å². The highest BCUT2D eigenvalue weighted by molar-refractivity contribution is 6.55. The zero-order valence-electron chi connectivity index (χ0n) is 16.3. The van der Waals surface area contributed by atoms with Gasteiger partial charge in [0.25, 0.3) is 5.91 Å². The van der Waals surface area contributed by atoms with Gasteiger partial charge < -0.3 is 14.8 Å². The summed E-state index contributed by atoms with van der Waals surface area (Å²) in [6.45, 7) is 0.168. The molecule has 11 heteroatoms. The number of rotatable bonds is 9. The van der Waals surface area contributed by atoms with Crippen LogP contribution in [0.4, 0.5) is 17.6 Å². The molecule has 2 rings (SSSR count). The Balaban J connectivity index is 1.74. The molecule has 0 unspecified atom stereocenters. The van der Waals surface area contributed by atoms with Crippen molar-refractivity contribution >= 4 is 35.1 Å². The molecule has 0 atom stereocenters. The average molecular weight is 494 g/mol. The minimum Gasteiger partial charge on any atom is -0.489 e. The molecule has 0 aromatic heterocycles. The van der Waals surface area contributed by atoms with Crippen LogP contribution in [-0.2, 0) is 11.0 Å². The van der Waals surface area contributed by atoms with Gasteiger partial charge in [-0.2, -0.15) is 13.2 Å². The van der Waals surface area contributed by atoms with Gasteiger partial charge in [-0.25, -0.2) is 4.39 Å². The van der Waals surface area contributed by atoms with Crippen LogP contribution in [-0.4, -0.2) is 25.0 Å². The predicted molar refractivity (Wildman–Crippen MR) is 110 cm³/mol. The van der Waals surface area contributed by atoms with Crippen molar-refractivity contribution in [2.24, 2.45) is 0 Å². The van der Waals surface area contributed by atoms with E-state index in [0.29, 0.717) is 11.8 Å². The minimum absolute atomic E-state index is 0.00216. The Kier molecular flexibility index (Phi) is 9.34. The molecule has 0 fully saturated rings. The SMILES string of the molecule is O=C(CCCNC(=O)c1ccc(C(F)(F)F)cc1F)Oc1ccc(OCC=C(Cl)Cl)cc1. The molecule has 0 saturated heterocycles. The Hall–Kier alpha value is -2.78. The standard InChI is InChI=1S/C21H17Cl2F4NO4/c22-18(23)9-11-31-14-4-6-15(7-5-14)32-19(29)2-1-10-28-20(30)16-8-3-13(12-17(16)24)21(25,26)27/h3-9,12H,1-2,10-11H2,(H,28,30). The van der Waals surface area contributed by atoms with E-state index < -0.39 is 35.0 Å². The van der Waals surface area contributed by atoms with Gasteiger partial charge in [-0.15, -0.1) is 0 Å². The summed E-state index contributed by atoms with van der Waals surface area (Å²) in [5.74, 6) is -1.94. The Morgan fingerprint density at radius 1 is 1.03 bits per heavy atom. The van der Waals surface area contributed by atoms with Crippen molar-refractivity contribution in [3.8, 4) is 11.5 Å². The summed E-state index contributed by atoms with van der Waals surface area (Å²) < 4.78 is 62.0. The number of carbonyl (C=O) groups excluding carboxylic acids is 2. The Bertz CT molecular complexity index is 975. The van der Waals surface area contributed by atoms with Gasteiger partial charge in [-0.3, -0.25) is 9.59 Å². The molecular weight excluding hydrogens is 477 g/mol. The summed E-state index contributed by atoms with van der Waals surface area (Å²) >= 11 is 10.9. The number of carbonyl (C=O) groups is 2. The largest absolute Gasteiger partial charge is 0.489 e. The molecule has 2 aromatic rings. The van der Waals surface area contributed by atoms with Crippen molar-refractivity contribution in [1.29, 1.82) is 0 Å². The van der Waals surface area contributed by atoms with Crippen molar-refractivity contribution in [3.63, 3.8) is 0 Å². The molecular formula is C21H17Cl2F4NO4. The lowest BCUT2D eigenvalue weighted by Crippen LogP contribution is -2.26. The first-order valence-electron chi connectivity index (χ1n) is 9.16. The fraction of sp³-hybridized carbons (Fsp3) is 0.238. The van der Waals surface area contributed by atoms with Crippen molar-refractivity contribution in [2.45, 2.75) is 19.0 Å². The maximum Gasteiger partial charge on any atom is 0.416 e. The first-order chi connectivity index (χ1) is 15.1.